The third kappa shape index (κ3) is 3.14. The molecule has 0 radical (unpaired) electrons. The van der Waals surface area contributed by atoms with Crippen molar-refractivity contribution in [3.8, 4) is 16.9 Å². The largest absolute Gasteiger partial charge is 0.506 e. The van der Waals surface area contributed by atoms with Crippen LogP contribution in [0.1, 0.15) is 5.56 Å². The molecule has 6 heteroatoms. The van der Waals surface area contributed by atoms with Gasteiger partial charge in [-0.1, -0.05) is 23.7 Å². The summed E-state index contributed by atoms with van der Waals surface area (Å²) < 4.78 is 0. The predicted molar refractivity (Wildman–Crippen MR) is 99.8 cm³/mol. The molecule has 3 heterocycles. The monoisotopic (exact) mass is 350 g/mol. The minimum Gasteiger partial charge on any atom is -0.506 e. The molecule has 5 nitrogen and oxygen atoms in total. The summed E-state index contributed by atoms with van der Waals surface area (Å²) in [4.78, 5) is 11.9. The highest BCUT2D eigenvalue weighted by Gasteiger charge is 2.10. The summed E-state index contributed by atoms with van der Waals surface area (Å²) in [7, 11) is 0. The van der Waals surface area contributed by atoms with Crippen LogP contribution >= 0.6 is 11.6 Å². The Hall–Kier alpha value is -3.05. The fourth-order valence-corrected chi connectivity index (χ4v) is 2.92. The lowest BCUT2D eigenvalue weighted by molar-refractivity contribution is 0.475. The van der Waals surface area contributed by atoms with Gasteiger partial charge >= 0.3 is 0 Å². The normalized spacial score (nSPS) is 10.9. The molecule has 0 atom stereocenters. The van der Waals surface area contributed by atoms with Gasteiger partial charge in [0.2, 0.25) is 0 Å². The first kappa shape index (κ1) is 15.5. The molecule has 0 fully saturated rings. The van der Waals surface area contributed by atoms with Crippen LogP contribution in [0.3, 0.4) is 0 Å². The van der Waals surface area contributed by atoms with Crippen LogP contribution in [0.2, 0.25) is 5.02 Å². The summed E-state index contributed by atoms with van der Waals surface area (Å²) in [5.74, 6) is 0.817. The van der Waals surface area contributed by atoms with E-state index < -0.39 is 0 Å². The van der Waals surface area contributed by atoms with E-state index in [0.717, 1.165) is 33.5 Å². The van der Waals surface area contributed by atoms with Crippen LogP contribution in [0.5, 0.6) is 5.75 Å². The van der Waals surface area contributed by atoms with Crippen LogP contribution in [0, 0.1) is 0 Å². The molecule has 0 bridgehead atoms. The van der Waals surface area contributed by atoms with Crippen molar-refractivity contribution < 1.29 is 5.11 Å². The highest BCUT2D eigenvalue weighted by atomic mass is 35.5. The Morgan fingerprint density at radius 1 is 1.16 bits per heavy atom. The van der Waals surface area contributed by atoms with Crippen molar-refractivity contribution in [1.29, 1.82) is 0 Å². The van der Waals surface area contributed by atoms with Gasteiger partial charge in [-0.2, -0.15) is 0 Å². The van der Waals surface area contributed by atoms with Crippen molar-refractivity contribution in [3.05, 3.63) is 71.6 Å². The number of phenols is 1. The van der Waals surface area contributed by atoms with Crippen LogP contribution in [0.4, 0.5) is 5.82 Å². The topological polar surface area (TPSA) is 73.8 Å². The van der Waals surface area contributed by atoms with Gasteiger partial charge in [0, 0.05) is 30.5 Å². The number of aromatic nitrogens is 3. The number of hydrogen-bond acceptors (Lipinski definition) is 4. The molecule has 3 N–H and O–H groups in total. The molecule has 0 saturated heterocycles. The fourth-order valence-electron chi connectivity index (χ4n) is 2.74. The average molecular weight is 351 g/mol. The van der Waals surface area contributed by atoms with E-state index in [2.05, 4.69) is 20.3 Å². The summed E-state index contributed by atoms with van der Waals surface area (Å²) in [5, 5.41) is 14.3. The van der Waals surface area contributed by atoms with E-state index in [9.17, 15) is 5.11 Å². The van der Waals surface area contributed by atoms with Crippen LogP contribution < -0.4 is 5.32 Å². The zero-order valence-electron chi connectivity index (χ0n) is 13.2. The van der Waals surface area contributed by atoms with E-state index in [4.69, 9.17) is 11.6 Å². The molecule has 0 saturated carbocycles. The molecule has 0 aliphatic heterocycles. The summed E-state index contributed by atoms with van der Waals surface area (Å²) >= 11 is 6.07. The third-order valence-electron chi connectivity index (χ3n) is 3.98. The van der Waals surface area contributed by atoms with Crippen molar-refractivity contribution in [2.24, 2.45) is 0 Å². The van der Waals surface area contributed by atoms with Crippen LogP contribution in [0.15, 0.2) is 61.1 Å². The van der Waals surface area contributed by atoms with Crippen LogP contribution in [0.25, 0.3) is 22.2 Å². The Labute approximate surface area is 149 Å². The first-order valence-electron chi connectivity index (χ1n) is 7.80. The zero-order chi connectivity index (χ0) is 17.2. The molecule has 1 aromatic carbocycles. The minimum absolute atomic E-state index is 0.0692. The summed E-state index contributed by atoms with van der Waals surface area (Å²) in [6.45, 7) is 0.628. The van der Waals surface area contributed by atoms with Crippen molar-refractivity contribution >= 4 is 28.5 Å². The molecule has 4 aromatic rings. The second kappa shape index (κ2) is 6.45. The van der Waals surface area contributed by atoms with Crippen molar-refractivity contribution in [2.75, 3.05) is 5.32 Å². The second-order valence-corrected chi connectivity index (χ2v) is 6.08. The van der Waals surface area contributed by atoms with Gasteiger partial charge in [0.15, 0.2) is 0 Å². The number of anilines is 1. The number of aromatic amines is 1. The van der Waals surface area contributed by atoms with Crippen molar-refractivity contribution in [3.63, 3.8) is 0 Å². The predicted octanol–water partition coefficient (Wildman–Crippen LogP) is 4.60. The van der Waals surface area contributed by atoms with E-state index >= 15 is 0 Å². The SMILES string of the molecule is Oc1ccc(-c2cc(NCc3cccnc3)nc3[nH]ccc23)cc1Cl. The first-order valence-corrected chi connectivity index (χ1v) is 8.18. The second-order valence-electron chi connectivity index (χ2n) is 5.68. The van der Waals surface area contributed by atoms with Gasteiger partial charge in [0.1, 0.15) is 17.2 Å². The number of H-pyrrole nitrogens is 1. The summed E-state index contributed by atoms with van der Waals surface area (Å²) in [5.41, 5.74) is 3.77. The van der Waals surface area contributed by atoms with Crippen LogP contribution in [-0.2, 0) is 6.54 Å². The number of benzene rings is 1. The minimum atomic E-state index is 0.0692. The number of phenolic OH excluding ortho intramolecular Hbond substituents is 1. The number of fused-ring (bicyclic) bond motifs is 1. The maximum atomic E-state index is 9.66. The van der Waals surface area contributed by atoms with Gasteiger partial charge in [-0.15, -0.1) is 0 Å². The first-order chi connectivity index (χ1) is 12.2. The number of aromatic hydroxyl groups is 1. The van der Waals surface area contributed by atoms with Gasteiger partial charge < -0.3 is 15.4 Å². The zero-order valence-corrected chi connectivity index (χ0v) is 14.0. The summed E-state index contributed by atoms with van der Waals surface area (Å²) in [6.07, 6.45) is 5.42. The standard InChI is InChI=1S/C19H15ClN4O/c20-16-8-13(3-4-17(16)25)15-9-18(24-19-14(15)5-7-22-19)23-11-12-2-1-6-21-10-12/h1-10,25H,11H2,(H2,22,23,24). The molecule has 4 rings (SSSR count). The number of nitrogens with one attached hydrogen (secondary N) is 2. The Morgan fingerprint density at radius 2 is 2.08 bits per heavy atom. The van der Waals surface area contributed by atoms with Gasteiger partial charge in [0.25, 0.3) is 0 Å². The van der Waals surface area contributed by atoms with E-state index in [1.54, 1.807) is 18.3 Å². The lowest BCUT2D eigenvalue weighted by atomic mass is 10.0. The highest BCUT2D eigenvalue weighted by Crippen LogP contribution is 2.34. The molecule has 0 aliphatic carbocycles. The Kier molecular flexibility index (Phi) is 3.99. The number of pyridine rings is 2. The Bertz CT molecular complexity index is 1030. The van der Waals surface area contributed by atoms with E-state index in [1.165, 1.54) is 0 Å². The van der Waals surface area contributed by atoms with Gasteiger partial charge in [-0.3, -0.25) is 4.98 Å². The fraction of sp³-hybridized carbons (Fsp3) is 0.0526. The number of nitrogens with zero attached hydrogens (tertiary/aromatic N) is 2. The number of hydrogen-bond donors (Lipinski definition) is 3. The molecular weight excluding hydrogens is 336 g/mol. The van der Waals surface area contributed by atoms with Gasteiger partial charge in [-0.25, -0.2) is 4.98 Å². The maximum Gasteiger partial charge on any atom is 0.140 e. The van der Waals surface area contributed by atoms with E-state index in [1.807, 2.05) is 42.7 Å². The van der Waals surface area contributed by atoms with Crippen LogP contribution in [-0.4, -0.2) is 20.1 Å². The Morgan fingerprint density at radius 3 is 2.88 bits per heavy atom. The Balaban J connectivity index is 1.73. The molecule has 124 valence electrons. The molecule has 0 aliphatic rings. The average Bonchev–Trinajstić information content (AvgIpc) is 3.11. The lowest BCUT2D eigenvalue weighted by Crippen LogP contribution is -2.02. The van der Waals surface area contributed by atoms with Crippen molar-refractivity contribution in [2.45, 2.75) is 6.54 Å². The van der Waals surface area contributed by atoms with E-state index in [-0.39, 0.29) is 5.75 Å². The maximum absolute atomic E-state index is 9.66. The van der Waals surface area contributed by atoms with Gasteiger partial charge in [0.05, 0.1) is 5.02 Å². The lowest BCUT2D eigenvalue weighted by Gasteiger charge is -2.10. The molecular formula is C19H15ClN4O. The van der Waals surface area contributed by atoms with Crippen molar-refractivity contribution in [1.82, 2.24) is 15.0 Å². The van der Waals surface area contributed by atoms with Gasteiger partial charge in [-0.05, 0) is 47.0 Å². The smallest absolute Gasteiger partial charge is 0.140 e. The quantitative estimate of drug-likeness (QED) is 0.503. The molecule has 25 heavy (non-hydrogen) atoms. The third-order valence-corrected chi connectivity index (χ3v) is 4.29. The summed E-state index contributed by atoms with van der Waals surface area (Å²) in [6, 6.07) is 13.1. The highest BCUT2D eigenvalue weighted by molar-refractivity contribution is 6.32. The molecule has 0 spiro atoms. The molecule has 0 unspecified atom stereocenters. The number of rotatable bonds is 4. The molecule has 0 amide bonds. The molecule has 3 aromatic heterocycles. The van der Waals surface area contributed by atoms with E-state index in [0.29, 0.717) is 11.6 Å². The number of halogens is 1.